The molecule has 2 N–H and O–H groups in total. The van der Waals surface area contributed by atoms with Gasteiger partial charge in [-0.1, -0.05) is 12.1 Å². The summed E-state index contributed by atoms with van der Waals surface area (Å²) in [6, 6.07) is 5.15. The van der Waals surface area contributed by atoms with E-state index in [1.165, 1.54) is 12.1 Å². The molecule has 0 aromatic heterocycles. The van der Waals surface area contributed by atoms with Crippen molar-refractivity contribution in [2.24, 2.45) is 0 Å². The summed E-state index contributed by atoms with van der Waals surface area (Å²) in [7, 11) is 0. The highest BCUT2D eigenvalue weighted by Crippen LogP contribution is 2.32. The lowest BCUT2D eigenvalue weighted by Crippen LogP contribution is -2.54. The molecule has 132 valence electrons. The van der Waals surface area contributed by atoms with Crippen molar-refractivity contribution >= 4 is 5.91 Å². The number of amides is 1. The molecule has 0 spiro atoms. The SMILES string of the molecule is O=C(N[C@@H]1CCN(Cc2ccc(C(F)(F)F)cc2)C1)C1(O)CCC1. The van der Waals surface area contributed by atoms with Crippen molar-refractivity contribution in [2.75, 3.05) is 13.1 Å². The molecule has 0 unspecified atom stereocenters. The summed E-state index contributed by atoms with van der Waals surface area (Å²) in [5, 5.41) is 12.9. The predicted molar refractivity (Wildman–Crippen MR) is 82.1 cm³/mol. The maximum atomic E-state index is 12.6. The standard InChI is InChI=1S/C17H21F3N2O2/c18-17(19,20)13-4-2-12(3-5-13)10-22-9-6-14(11-22)21-15(23)16(24)7-1-8-16/h2-5,14,24H,1,6-11H2,(H,21,23)/t14-/m1/s1. The Balaban J connectivity index is 1.50. The molecule has 0 radical (unpaired) electrons. The number of nitrogens with one attached hydrogen (secondary N) is 1. The number of likely N-dealkylation sites (tertiary alicyclic amines) is 1. The van der Waals surface area contributed by atoms with Gasteiger partial charge in [-0.15, -0.1) is 0 Å². The topological polar surface area (TPSA) is 52.6 Å². The van der Waals surface area contributed by atoms with E-state index in [2.05, 4.69) is 10.2 Å². The summed E-state index contributed by atoms with van der Waals surface area (Å²) >= 11 is 0. The fourth-order valence-electron chi connectivity index (χ4n) is 3.21. The molecule has 1 heterocycles. The number of nitrogens with zero attached hydrogens (tertiary/aromatic N) is 1. The third kappa shape index (κ3) is 3.72. The van der Waals surface area contributed by atoms with E-state index in [4.69, 9.17) is 0 Å². The van der Waals surface area contributed by atoms with Gasteiger partial charge in [-0.2, -0.15) is 13.2 Å². The van der Waals surface area contributed by atoms with E-state index in [0.29, 0.717) is 25.9 Å². The van der Waals surface area contributed by atoms with Crippen LogP contribution in [0.5, 0.6) is 0 Å². The second-order valence-corrected chi connectivity index (χ2v) is 6.77. The van der Waals surface area contributed by atoms with Crippen LogP contribution in [0.25, 0.3) is 0 Å². The lowest BCUT2D eigenvalue weighted by molar-refractivity contribution is -0.149. The van der Waals surface area contributed by atoms with Crippen LogP contribution >= 0.6 is 0 Å². The number of rotatable bonds is 4. The zero-order valence-corrected chi connectivity index (χ0v) is 13.3. The Labute approximate surface area is 138 Å². The van der Waals surface area contributed by atoms with Crippen LogP contribution in [0.1, 0.15) is 36.8 Å². The van der Waals surface area contributed by atoms with Crippen LogP contribution in [0.2, 0.25) is 0 Å². The summed E-state index contributed by atoms with van der Waals surface area (Å²) in [4.78, 5) is 14.1. The van der Waals surface area contributed by atoms with Gasteiger partial charge in [-0.25, -0.2) is 0 Å². The van der Waals surface area contributed by atoms with Gasteiger partial charge in [0.25, 0.3) is 5.91 Å². The van der Waals surface area contributed by atoms with Crippen LogP contribution in [-0.2, 0) is 17.5 Å². The van der Waals surface area contributed by atoms with Crippen LogP contribution in [-0.4, -0.2) is 40.6 Å². The Hall–Kier alpha value is -1.60. The molecule has 1 saturated carbocycles. The average molecular weight is 342 g/mol. The molecule has 2 aliphatic rings. The van der Waals surface area contributed by atoms with E-state index in [9.17, 15) is 23.1 Å². The van der Waals surface area contributed by atoms with Gasteiger partial charge in [0.2, 0.25) is 0 Å². The molecule has 1 amide bonds. The first-order valence-electron chi connectivity index (χ1n) is 8.18. The van der Waals surface area contributed by atoms with Gasteiger partial charge in [-0.05, 0) is 43.4 Å². The normalized spacial score (nSPS) is 23.8. The Morgan fingerprint density at radius 3 is 2.50 bits per heavy atom. The van der Waals surface area contributed by atoms with Crippen molar-refractivity contribution in [3.8, 4) is 0 Å². The van der Waals surface area contributed by atoms with Crippen molar-refractivity contribution in [2.45, 2.75) is 50.0 Å². The van der Waals surface area contributed by atoms with Gasteiger partial charge in [0.15, 0.2) is 0 Å². The van der Waals surface area contributed by atoms with E-state index in [1.54, 1.807) is 0 Å². The Morgan fingerprint density at radius 2 is 1.96 bits per heavy atom. The van der Waals surface area contributed by atoms with Gasteiger partial charge in [0, 0.05) is 25.7 Å². The number of carbonyl (C=O) groups is 1. The molecule has 7 heteroatoms. The Morgan fingerprint density at radius 1 is 1.29 bits per heavy atom. The second-order valence-electron chi connectivity index (χ2n) is 6.77. The van der Waals surface area contributed by atoms with Crippen molar-refractivity contribution in [3.63, 3.8) is 0 Å². The molecule has 1 aromatic rings. The van der Waals surface area contributed by atoms with E-state index in [1.807, 2.05) is 0 Å². The van der Waals surface area contributed by atoms with Crippen LogP contribution in [0, 0.1) is 0 Å². The van der Waals surface area contributed by atoms with Crippen molar-refractivity contribution in [1.29, 1.82) is 0 Å². The summed E-state index contributed by atoms with van der Waals surface area (Å²) in [6.45, 7) is 1.96. The van der Waals surface area contributed by atoms with Crippen molar-refractivity contribution in [1.82, 2.24) is 10.2 Å². The zero-order valence-electron chi connectivity index (χ0n) is 13.3. The fraction of sp³-hybridized carbons (Fsp3) is 0.588. The maximum absolute atomic E-state index is 12.6. The lowest BCUT2D eigenvalue weighted by atomic mass is 9.79. The molecule has 3 rings (SSSR count). The number of hydrogen-bond donors (Lipinski definition) is 2. The lowest BCUT2D eigenvalue weighted by Gasteiger charge is -2.35. The molecule has 4 nitrogen and oxygen atoms in total. The van der Waals surface area contributed by atoms with Crippen LogP contribution in [0.3, 0.4) is 0 Å². The van der Waals surface area contributed by atoms with Crippen LogP contribution < -0.4 is 5.32 Å². The molecule has 1 saturated heterocycles. The molecule has 1 aliphatic carbocycles. The van der Waals surface area contributed by atoms with Crippen molar-refractivity contribution < 1.29 is 23.1 Å². The summed E-state index contributed by atoms with van der Waals surface area (Å²) in [5.41, 5.74) is -1.03. The van der Waals surface area contributed by atoms with E-state index >= 15 is 0 Å². The maximum Gasteiger partial charge on any atom is 0.416 e. The molecule has 0 bridgehead atoms. The summed E-state index contributed by atoms with van der Waals surface area (Å²) < 4.78 is 37.7. The minimum absolute atomic E-state index is 0.0171. The van der Waals surface area contributed by atoms with Gasteiger partial charge >= 0.3 is 6.18 Å². The van der Waals surface area contributed by atoms with Crippen molar-refractivity contribution in [3.05, 3.63) is 35.4 Å². The minimum atomic E-state index is -4.32. The van der Waals surface area contributed by atoms with E-state index in [-0.39, 0.29) is 11.9 Å². The highest BCUT2D eigenvalue weighted by molar-refractivity contribution is 5.86. The van der Waals surface area contributed by atoms with Crippen LogP contribution in [0.4, 0.5) is 13.2 Å². The summed E-state index contributed by atoms with van der Waals surface area (Å²) in [5.74, 6) is -0.296. The molecular formula is C17H21F3N2O2. The number of aliphatic hydroxyl groups is 1. The average Bonchev–Trinajstić information content (AvgIpc) is 2.91. The Bertz CT molecular complexity index is 597. The minimum Gasteiger partial charge on any atom is -0.380 e. The molecule has 2 fully saturated rings. The number of carbonyl (C=O) groups excluding carboxylic acids is 1. The number of halogens is 3. The number of hydrogen-bond acceptors (Lipinski definition) is 3. The summed E-state index contributed by atoms with van der Waals surface area (Å²) in [6.07, 6.45) is -1.64. The molecular weight excluding hydrogens is 321 g/mol. The third-order valence-corrected chi connectivity index (χ3v) is 4.90. The van der Waals surface area contributed by atoms with Gasteiger partial charge in [0.1, 0.15) is 5.60 Å². The fourth-order valence-corrected chi connectivity index (χ4v) is 3.21. The van der Waals surface area contributed by atoms with Gasteiger partial charge in [0.05, 0.1) is 5.56 Å². The van der Waals surface area contributed by atoms with Gasteiger partial charge < -0.3 is 10.4 Å². The third-order valence-electron chi connectivity index (χ3n) is 4.90. The Kier molecular flexibility index (Phi) is 4.57. The first-order valence-corrected chi connectivity index (χ1v) is 8.18. The number of alkyl halides is 3. The predicted octanol–water partition coefficient (Wildman–Crippen LogP) is 2.31. The molecule has 1 aliphatic heterocycles. The largest absolute Gasteiger partial charge is 0.416 e. The monoisotopic (exact) mass is 342 g/mol. The first-order chi connectivity index (χ1) is 11.3. The van der Waals surface area contributed by atoms with E-state index in [0.717, 1.165) is 37.1 Å². The molecule has 24 heavy (non-hydrogen) atoms. The molecule has 1 aromatic carbocycles. The zero-order chi connectivity index (χ0) is 17.4. The van der Waals surface area contributed by atoms with Gasteiger partial charge in [-0.3, -0.25) is 9.69 Å². The molecule has 1 atom stereocenters. The quantitative estimate of drug-likeness (QED) is 0.883. The smallest absolute Gasteiger partial charge is 0.380 e. The first kappa shape index (κ1) is 17.2. The highest BCUT2D eigenvalue weighted by atomic mass is 19.4. The van der Waals surface area contributed by atoms with Crippen LogP contribution in [0.15, 0.2) is 24.3 Å². The number of benzene rings is 1. The second kappa shape index (κ2) is 6.37. The van der Waals surface area contributed by atoms with E-state index < -0.39 is 17.3 Å². The highest BCUT2D eigenvalue weighted by Gasteiger charge is 2.43.